The second kappa shape index (κ2) is 6.80. The second-order valence-electron chi connectivity index (χ2n) is 5.94. The van der Waals surface area contributed by atoms with Crippen molar-refractivity contribution in [1.82, 2.24) is 10.3 Å². The van der Waals surface area contributed by atoms with Crippen LogP contribution in [0.1, 0.15) is 18.4 Å². The van der Waals surface area contributed by atoms with Gasteiger partial charge in [0.2, 0.25) is 0 Å². The maximum atomic E-state index is 12.0. The average molecular weight is 325 g/mol. The largest absolute Gasteiger partial charge is 0.383 e. The number of aromatic nitrogens is 1. The van der Waals surface area contributed by atoms with Crippen LogP contribution in [0.4, 0.5) is 5.69 Å². The van der Waals surface area contributed by atoms with Gasteiger partial charge in [0.1, 0.15) is 5.60 Å². The van der Waals surface area contributed by atoms with Crippen LogP contribution in [-0.2, 0) is 15.2 Å². The van der Waals surface area contributed by atoms with E-state index in [-0.39, 0.29) is 12.5 Å². The lowest BCUT2D eigenvalue weighted by atomic mass is 9.88. The van der Waals surface area contributed by atoms with E-state index in [0.29, 0.717) is 5.69 Å². The second-order valence-corrected chi connectivity index (χ2v) is 5.94. The quantitative estimate of drug-likeness (QED) is 0.725. The number of rotatable bonds is 5. The SMILES string of the molecule is O=C(NC[C@](O)(c1ccccc1)C1CC1)C(=O)Nc1cccnc1. The molecule has 6 nitrogen and oxygen atoms in total. The first-order valence-electron chi connectivity index (χ1n) is 7.87. The van der Waals surface area contributed by atoms with Crippen molar-refractivity contribution < 1.29 is 14.7 Å². The van der Waals surface area contributed by atoms with Gasteiger partial charge in [0, 0.05) is 6.20 Å². The zero-order valence-electron chi connectivity index (χ0n) is 13.1. The summed E-state index contributed by atoms with van der Waals surface area (Å²) in [5, 5.41) is 16.0. The Labute approximate surface area is 139 Å². The molecule has 3 N–H and O–H groups in total. The summed E-state index contributed by atoms with van der Waals surface area (Å²) < 4.78 is 0. The van der Waals surface area contributed by atoms with E-state index >= 15 is 0 Å². The summed E-state index contributed by atoms with van der Waals surface area (Å²) in [6.07, 6.45) is 4.84. The Bertz CT molecular complexity index is 717. The van der Waals surface area contributed by atoms with Crippen molar-refractivity contribution in [1.29, 1.82) is 0 Å². The smallest absolute Gasteiger partial charge is 0.313 e. The molecule has 1 atom stereocenters. The highest BCUT2D eigenvalue weighted by Gasteiger charge is 2.45. The third-order valence-electron chi connectivity index (χ3n) is 4.17. The van der Waals surface area contributed by atoms with E-state index < -0.39 is 17.4 Å². The van der Waals surface area contributed by atoms with Crippen molar-refractivity contribution in [2.45, 2.75) is 18.4 Å². The van der Waals surface area contributed by atoms with Gasteiger partial charge in [-0.3, -0.25) is 14.6 Å². The van der Waals surface area contributed by atoms with Crippen LogP contribution in [0.15, 0.2) is 54.9 Å². The zero-order valence-corrected chi connectivity index (χ0v) is 13.1. The highest BCUT2D eigenvalue weighted by atomic mass is 16.3. The number of aliphatic hydroxyl groups is 1. The Balaban J connectivity index is 1.63. The number of pyridine rings is 1. The summed E-state index contributed by atoms with van der Waals surface area (Å²) in [4.78, 5) is 27.8. The molecule has 1 aliphatic rings. The molecule has 1 saturated carbocycles. The number of carbonyl (C=O) groups excluding carboxylic acids is 2. The predicted octanol–water partition coefficient (Wildman–Crippen LogP) is 1.43. The number of hydrogen-bond acceptors (Lipinski definition) is 4. The zero-order chi connectivity index (χ0) is 17.0. The summed E-state index contributed by atoms with van der Waals surface area (Å²) in [6.45, 7) is 0.000965. The molecule has 0 radical (unpaired) electrons. The molecular formula is C18H19N3O3. The van der Waals surface area contributed by atoms with Crippen LogP contribution in [0.2, 0.25) is 0 Å². The van der Waals surface area contributed by atoms with E-state index in [4.69, 9.17) is 0 Å². The number of benzene rings is 1. The van der Waals surface area contributed by atoms with Gasteiger partial charge in [-0.25, -0.2) is 0 Å². The first kappa shape index (κ1) is 16.1. The van der Waals surface area contributed by atoms with Crippen molar-refractivity contribution in [3.05, 3.63) is 60.4 Å². The highest BCUT2D eigenvalue weighted by molar-refractivity contribution is 6.39. The van der Waals surface area contributed by atoms with Crippen LogP contribution in [0.25, 0.3) is 0 Å². The van der Waals surface area contributed by atoms with Crippen LogP contribution < -0.4 is 10.6 Å². The van der Waals surface area contributed by atoms with Gasteiger partial charge < -0.3 is 15.7 Å². The molecule has 1 aliphatic carbocycles. The molecule has 0 saturated heterocycles. The van der Waals surface area contributed by atoms with Gasteiger partial charge in [-0.15, -0.1) is 0 Å². The summed E-state index contributed by atoms with van der Waals surface area (Å²) in [7, 11) is 0. The molecule has 1 heterocycles. The minimum absolute atomic E-state index is 0.000965. The van der Waals surface area contributed by atoms with Crippen molar-refractivity contribution in [3.63, 3.8) is 0 Å². The van der Waals surface area contributed by atoms with Gasteiger partial charge in [0.25, 0.3) is 0 Å². The van der Waals surface area contributed by atoms with Crippen LogP contribution in [0.5, 0.6) is 0 Å². The Hall–Kier alpha value is -2.73. The molecule has 2 aromatic rings. The Morgan fingerprint density at radius 2 is 1.88 bits per heavy atom. The Morgan fingerprint density at radius 1 is 1.12 bits per heavy atom. The molecule has 2 amide bonds. The van der Waals surface area contributed by atoms with Crippen LogP contribution in [0, 0.1) is 5.92 Å². The molecule has 1 aromatic heterocycles. The topological polar surface area (TPSA) is 91.3 Å². The van der Waals surface area contributed by atoms with Gasteiger partial charge in [-0.2, -0.15) is 0 Å². The maximum absolute atomic E-state index is 12.0. The fourth-order valence-corrected chi connectivity index (χ4v) is 2.69. The fraction of sp³-hybridized carbons (Fsp3) is 0.278. The molecule has 1 aromatic carbocycles. The number of nitrogens with one attached hydrogen (secondary N) is 2. The first-order valence-corrected chi connectivity index (χ1v) is 7.87. The van der Waals surface area contributed by atoms with Gasteiger partial charge in [-0.05, 0) is 36.5 Å². The molecular weight excluding hydrogens is 306 g/mol. The monoisotopic (exact) mass is 325 g/mol. The number of carbonyl (C=O) groups is 2. The van der Waals surface area contributed by atoms with Crippen LogP contribution in [-0.4, -0.2) is 28.4 Å². The van der Waals surface area contributed by atoms with E-state index in [1.165, 1.54) is 6.20 Å². The maximum Gasteiger partial charge on any atom is 0.313 e. The molecule has 0 bridgehead atoms. The minimum atomic E-state index is -1.15. The van der Waals surface area contributed by atoms with Gasteiger partial charge in [-0.1, -0.05) is 30.3 Å². The van der Waals surface area contributed by atoms with Gasteiger partial charge >= 0.3 is 11.8 Å². The predicted molar refractivity (Wildman–Crippen MR) is 88.9 cm³/mol. The third kappa shape index (κ3) is 3.60. The molecule has 1 fully saturated rings. The lowest BCUT2D eigenvalue weighted by molar-refractivity contribution is -0.137. The highest BCUT2D eigenvalue weighted by Crippen LogP contribution is 2.45. The standard InChI is InChI=1S/C18H19N3O3/c22-16(17(23)21-15-7-4-10-19-11-15)20-12-18(24,14-8-9-14)13-5-2-1-3-6-13/h1-7,10-11,14,24H,8-9,12H2,(H,20,22)(H,21,23)/t18-/m0/s1. The molecule has 3 rings (SSSR count). The molecule has 124 valence electrons. The molecule has 0 aliphatic heterocycles. The van der Waals surface area contributed by atoms with E-state index in [1.54, 1.807) is 18.3 Å². The fourth-order valence-electron chi connectivity index (χ4n) is 2.69. The summed E-state index contributed by atoms with van der Waals surface area (Å²) in [5.41, 5.74) is 0.0459. The molecule has 6 heteroatoms. The van der Waals surface area contributed by atoms with Crippen molar-refractivity contribution >= 4 is 17.5 Å². The van der Waals surface area contributed by atoms with E-state index in [9.17, 15) is 14.7 Å². The van der Waals surface area contributed by atoms with E-state index in [1.807, 2.05) is 30.3 Å². The normalized spacial score (nSPS) is 16.0. The van der Waals surface area contributed by atoms with Gasteiger partial charge in [0.15, 0.2) is 0 Å². The molecule has 0 unspecified atom stereocenters. The van der Waals surface area contributed by atoms with Crippen LogP contribution in [0.3, 0.4) is 0 Å². The molecule has 0 spiro atoms. The number of amides is 2. The lowest BCUT2D eigenvalue weighted by Gasteiger charge is -2.29. The lowest BCUT2D eigenvalue weighted by Crippen LogP contribution is -2.45. The number of anilines is 1. The Kier molecular flexibility index (Phi) is 4.57. The first-order chi connectivity index (χ1) is 11.6. The van der Waals surface area contributed by atoms with E-state index in [2.05, 4.69) is 15.6 Å². The number of hydrogen-bond donors (Lipinski definition) is 3. The van der Waals surface area contributed by atoms with Crippen molar-refractivity contribution in [2.75, 3.05) is 11.9 Å². The molecule has 24 heavy (non-hydrogen) atoms. The van der Waals surface area contributed by atoms with E-state index in [0.717, 1.165) is 18.4 Å². The van der Waals surface area contributed by atoms with Gasteiger partial charge in [0.05, 0.1) is 18.4 Å². The van der Waals surface area contributed by atoms with Crippen molar-refractivity contribution in [3.8, 4) is 0 Å². The summed E-state index contributed by atoms with van der Waals surface area (Å²) >= 11 is 0. The van der Waals surface area contributed by atoms with Crippen LogP contribution >= 0.6 is 0 Å². The summed E-state index contributed by atoms with van der Waals surface area (Å²) in [5.74, 6) is -1.47. The minimum Gasteiger partial charge on any atom is -0.383 e. The Morgan fingerprint density at radius 3 is 2.50 bits per heavy atom. The van der Waals surface area contributed by atoms with Crippen molar-refractivity contribution in [2.24, 2.45) is 5.92 Å². The number of nitrogens with zero attached hydrogens (tertiary/aromatic N) is 1. The third-order valence-corrected chi connectivity index (χ3v) is 4.17. The summed E-state index contributed by atoms with van der Waals surface area (Å²) in [6, 6.07) is 12.5. The average Bonchev–Trinajstić information content (AvgIpc) is 3.46.